The molecule has 0 unspecified atom stereocenters. The van der Waals surface area contributed by atoms with Gasteiger partial charge in [0, 0.05) is 11.5 Å². The molecule has 0 aliphatic carbocycles. The molecule has 0 radical (unpaired) electrons. The number of hydrogen-bond donors (Lipinski definition) is 2. The molecule has 6 N–H and O–H groups in total. The van der Waals surface area contributed by atoms with E-state index in [1.165, 1.54) is 25.7 Å². The van der Waals surface area contributed by atoms with Gasteiger partial charge in [0.05, 0.1) is 0 Å². The van der Waals surface area contributed by atoms with E-state index in [1.807, 2.05) is 0 Å². The molecule has 0 saturated heterocycles. The van der Waals surface area contributed by atoms with E-state index in [0.717, 1.165) is 11.5 Å². The van der Waals surface area contributed by atoms with Crippen LogP contribution in [0.25, 0.3) is 6.15 Å². The fourth-order valence-corrected chi connectivity index (χ4v) is 2.50. The second-order valence-corrected chi connectivity index (χ2v) is 6.42. The molecule has 0 aromatic carbocycles. The number of thioether (sulfide) groups is 2. The topological polar surface area (TPSA) is 85.5 Å². The molecule has 0 bridgehead atoms. The standard InChI is InChI=1S/C8H16N2S4.H2N.Na/c9-7(11)13-5-3-1-2-4-6-14-8(10)12;;/h1-6H2,(H2,9,11)(H2,10,12);1H2;/q;-1;+1. The summed E-state index contributed by atoms with van der Waals surface area (Å²) < 4.78 is 1.10. The molecule has 0 amide bonds. The molecule has 8 heteroatoms. The van der Waals surface area contributed by atoms with Gasteiger partial charge in [0.1, 0.15) is 8.64 Å². The average molecular weight is 308 g/mol. The number of rotatable bonds is 7. The first kappa shape index (κ1) is 22.6. The van der Waals surface area contributed by atoms with Crippen LogP contribution in [0.1, 0.15) is 25.7 Å². The van der Waals surface area contributed by atoms with Gasteiger partial charge in [-0.05, 0) is 12.8 Å². The third-order valence-corrected chi connectivity index (χ3v) is 3.79. The first-order valence-corrected chi connectivity index (χ1v) is 7.26. The van der Waals surface area contributed by atoms with Crippen LogP contribution >= 0.6 is 48.0 Å². The first-order chi connectivity index (χ1) is 6.63. The van der Waals surface area contributed by atoms with Crippen LogP contribution in [0.4, 0.5) is 0 Å². The second kappa shape index (κ2) is 16.4. The van der Waals surface area contributed by atoms with Crippen molar-refractivity contribution in [2.75, 3.05) is 11.5 Å². The van der Waals surface area contributed by atoms with Crippen molar-refractivity contribution in [1.82, 2.24) is 0 Å². The summed E-state index contributed by atoms with van der Waals surface area (Å²) in [6, 6.07) is 0. The van der Waals surface area contributed by atoms with Crippen LogP contribution in [0.3, 0.4) is 0 Å². The fourth-order valence-electron chi connectivity index (χ4n) is 0.903. The Bertz CT molecular complexity index is 172. The van der Waals surface area contributed by atoms with Crippen LogP contribution in [0.5, 0.6) is 0 Å². The molecule has 0 spiro atoms. The maximum absolute atomic E-state index is 5.35. The summed E-state index contributed by atoms with van der Waals surface area (Å²) in [7, 11) is 0. The molecule has 0 heterocycles. The minimum Gasteiger partial charge on any atom is -0.693 e. The van der Waals surface area contributed by atoms with Gasteiger partial charge in [-0.25, -0.2) is 0 Å². The van der Waals surface area contributed by atoms with Crippen molar-refractivity contribution >= 4 is 56.6 Å². The predicted molar refractivity (Wildman–Crippen MR) is 82.2 cm³/mol. The van der Waals surface area contributed by atoms with Crippen molar-refractivity contribution in [2.24, 2.45) is 11.5 Å². The van der Waals surface area contributed by atoms with Crippen LogP contribution in [-0.4, -0.2) is 20.1 Å². The van der Waals surface area contributed by atoms with E-state index in [2.05, 4.69) is 0 Å². The van der Waals surface area contributed by atoms with Crippen molar-refractivity contribution in [3.8, 4) is 0 Å². The summed E-state index contributed by atoms with van der Waals surface area (Å²) in [5.74, 6) is 2.08. The van der Waals surface area contributed by atoms with Gasteiger partial charge in [-0.1, -0.05) is 60.8 Å². The number of hydrogen-bond acceptors (Lipinski definition) is 4. The Hall–Kier alpha value is 1.44. The van der Waals surface area contributed by atoms with E-state index in [9.17, 15) is 0 Å². The fraction of sp³-hybridized carbons (Fsp3) is 0.750. The maximum Gasteiger partial charge on any atom is 1.00 e. The third-order valence-electron chi connectivity index (χ3n) is 1.53. The molecule has 0 atom stereocenters. The molecular weight excluding hydrogens is 289 g/mol. The van der Waals surface area contributed by atoms with Gasteiger partial charge in [-0.2, -0.15) is 0 Å². The molecule has 0 saturated carbocycles. The van der Waals surface area contributed by atoms with Crippen LogP contribution in [0, 0.1) is 0 Å². The Morgan fingerprint density at radius 3 is 1.38 bits per heavy atom. The van der Waals surface area contributed by atoms with Gasteiger partial charge in [0.25, 0.3) is 0 Å². The van der Waals surface area contributed by atoms with Gasteiger partial charge >= 0.3 is 29.6 Å². The Balaban J connectivity index is -0.000000845. The van der Waals surface area contributed by atoms with Crippen molar-refractivity contribution in [3.05, 3.63) is 6.15 Å². The molecule has 16 heavy (non-hydrogen) atoms. The van der Waals surface area contributed by atoms with Crippen LogP contribution in [0.2, 0.25) is 0 Å². The zero-order valence-electron chi connectivity index (χ0n) is 9.61. The molecule has 3 nitrogen and oxygen atoms in total. The Morgan fingerprint density at radius 1 is 0.812 bits per heavy atom. The molecule has 0 aromatic rings. The maximum atomic E-state index is 5.35. The Labute approximate surface area is 139 Å². The summed E-state index contributed by atoms with van der Waals surface area (Å²) >= 11 is 12.6. The van der Waals surface area contributed by atoms with Crippen LogP contribution in [-0.2, 0) is 0 Å². The minimum absolute atomic E-state index is 0. The normalized spacial score (nSPS) is 8.75. The average Bonchev–Trinajstić information content (AvgIpc) is 2.08. The van der Waals surface area contributed by atoms with E-state index in [4.69, 9.17) is 35.9 Å². The monoisotopic (exact) mass is 307 g/mol. The molecule has 0 aromatic heterocycles. The minimum atomic E-state index is 0. The van der Waals surface area contributed by atoms with E-state index in [-0.39, 0.29) is 35.7 Å². The molecule has 0 aliphatic heterocycles. The number of unbranched alkanes of at least 4 members (excludes halogenated alkanes) is 3. The molecule has 0 fully saturated rings. The van der Waals surface area contributed by atoms with Gasteiger partial charge in [-0.15, -0.1) is 0 Å². The zero-order chi connectivity index (χ0) is 10.8. The second-order valence-electron chi connectivity index (χ2n) is 2.75. The van der Waals surface area contributed by atoms with E-state index in [0.29, 0.717) is 8.64 Å². The van der Waals surface area contributed by atoms with Gasteiger partial charge in [0.15, 0.2) is 0 Å². The van der Waals surface area contributed by atoms with E-state index in [1.54, 1.807) is 23.5 Å². The van der Waals surface area contributed by atoms with Crippen molar-refractivity contribution < 1.29 is 29.6 Å². The van der Waals surface area contributed by atoms with Crippen LogP contribution < -0.4 is 41.0 Å². The quantitative estimate of drug-likeness (QED) is 0.398. The molecule has 0 rings (SSSR count). The van der Waals surface area contributed by atoms with Crippen molar-refractivity contribution in [3.63, 3.8) is 0 Å². The van der Waals surface area contributed by atoms with E-state index < -0.39 is 0 Å². The summed E-state index contributed by atoms with van der Waals surface area (Å²) in [4.78, 5) is 0. The largest absolute Gasteiger partial charge is 1.00 e. The van der Waals surface area contributed by atoms with Gasteiger partial charge < -0.3 is 17.6 Å². The molecule has 0 aliphatic rings. The zero-order valence-corrected chi connectivity index (χ0v) is 14.9. The smallest absolute Gasteiger partial charge is 0.693 e. The van der Waals surface area contributed by atoms with Crippen molar-refractivity contribution in [2.45, 2.75) is 25.7 Å². The van der Waals surface area contributed by atoms with Crippen molar-refractivity contribution in [1.29, 1.82) is 0 Å². The van der Waals surface area contributed by atoms with Gasteiger partial charge in [0.2, 0.25) is 0 Å². The Morgan fingerprint density at radius 2 is 1.12 bits per heavy atom. The predicted octanol–water partition coefficient (Wildman–Crippen LogP) is 0.222. The van der Waals surface area contributed by atoms with E-state index >= 15 is 0 Å². The third kappa shape index (κ3) is 20.8. The summed E-state index contributed by atoms with van der Waals surface area (Å²) in [5, 5.41) is 0. The van der Waals surface area contributed by atoms with Gasteiger partial charge in [-0.3, -0.25) is 0 Å². The molecule has 90 valence electrons. The molecular formula is C8H18N3NaS4. The number of thiocarbonyl (C=S) groups is 2. The summed E-state index contributed by atoms with van der Waals surface area (Å²) in [5.41, 5.74) is 10.7. The SMILES string of the molecule is NC(=S)SCCCCCCSC(N)=S.[NH2-].[Na+]. The Kier molecular flexibility index (Phi) is 23.2. The number of nitrogens with two attached hydrogens (primary N) is 3. The summed E-state index contributed by atoms with van der Waals surface area (Å²) in [6.07, 6.45) is 4.82. The summed E-state index contributed by atoms with van der Waals surface area (Å²) in [6.45, 7) is 0. The van der Waals surface area contributed by atoms with Crippen LogP contribution in [0.15, 0.2) is 0 Å². The first-order valence-electron chi connectivity index (χ1n) is 4.47.